The van der Waals surface area contributed by atoms with Crippen LogP contribution in [0.1, 0.15) is 16.1 Å². The summed E-state index contributed by atoms with van der Waals surface area (Å²) in [4.78, 5) is 25.7. The van der Waals surface area contributed by atoms with Gasteiger partial charge in [0.05, 0.1) is 25.8 Å². The maximum absolute atomic E-state index is 12.9. The molecule has 0 unspecified atom stereocenters. The summed E-state index contributed by atoms with van der Waals surface area (Å²) in [5.74, 6) is 0.395. The highest BCUT2D eigenvalue weighted by molar-refractivity contribution is 6.07. The first-order valence-corrected chi connectivity index (χ1v) is 7.28. The molecular formula is C16H18N2O5. The van der Waals surface area contributed by atoms with Crippen molar-refractivity contribution < 1.29 is 23.5 Å². The van der Waals surface area contributed by atoms with Crippen molar-refractivity contribution in [1.82, 2.24) is 4.90 Å². The van der Waals surface area contributed by atoms with E-state index in [9.17, 15) is 9.59 Å². The lowest BCUT2D eigenvalue weighted by Crippen LogP contribution is -2.50. The first kappa shape index (κ1) is 15.4. The monoisotopic (exact) mass is 318 g/mol. The third kappa shape index (κ3) is 2.75. The van der Waals surface area contributed by atoms with Crippen LogP contribution in [0.2, 0.25) is 0 Å². The highest BCUT2D eigenvalue weighted by Gasteiger charge is 2.31. The predicted octanol–water partition coefficient (Wildman–Crippen LogP) is 1.08. The summed E-state index contributed by atoms with van der Waals surface area (Å²) in [6, 6.07) is 5.31. The van der Waals surface area contributed by atoms with Gasteiger partial charge in [0, 0.05) is 11.9 Å². The van der Waals surface area contributed by atoms with Gasteiger partial charge >= 0.3 is 0 Å². The Labute approximate surface area is 132 Å². The van der Waals surface area contributed by atoms with Gasteiger partial charge in [-0.15, -0.1) is 0 Å². The molecule has 7 nitrogen and oxygen atoms in total. The Morgan fingerprint density at radius 1 is 1.39 bits per heavy atom. The van der Waals surface area contributed by atoms with Gasteiger partial charge in [-0.05, 0) is 25.1 Å². The van der Waals surface area contributed by atoms with Crippen molar-refractivity contribution in [3.8, 4) is 5.75 Å². The molecule has 1 fully saturated rings. The van der Waals surface area contributed by atoms with Gasteiger partial charge in [0.1, 0.15) is 17.1 Å². The topological polar surface area (TPSA) is 95.0 Å². The van der Waals surface area contributed by atoms with E-state index in [2.05, 4.69) is 0 Å². The maximum Gasteiger partial charge on any atom is 0.258 e. The van der Waals surface area contributed by atoms with Crippen LogP contribution >= 0.6 is 0 Å². The van der Waals surface area contributed by atoms with Crippen LogP contribution in [-0.2, 0) is 9.53 Å². The van der Waals surface area contributed by atoms with Crippen LogP contribution in [0.25, 0.3) is 11.0 Å². The van der Waals surface area contributed by atoms with Crippen LogP contribution in [0.5, 0.6) is 5.75 Å². The molecule has 0 spiro atoms. The Morgan fingerprint density at radius 3 is 2.87 bits per heavy atom. The normalized spacial score (nSPS) is 18.2. The number of carbonyl (C=O) groups excluding carboxylic acids is 2. The van der Waals surface area contributed by atoms with Crippen molar-refractivity contribution >= 4 is 22.8 Å². The Morgan fingerprint density at radius 2 is 2.17 bits per heavy atom. The molecule has 23 heavy (non-hydrogen) atoms. The van der Waals surface area contributed by atoms with E-state index in [1.54, 1.807) is 37.1 Å². The van der Waals surface area contributed by atoms with Gasteiger partial charge in [0.25, 0.3) is 5.91 Å². The van der Waals surface area contributed by atoms with Crippen LogP contribution in [0.4, 0.5) is 0 Å². The van der Waals surface area contributed by atoms with Gasteiger partial charge in [0.15, 0.2) is 6.10 Å². The molecule has 2 N–H and O–H groups in total. The minimum Gasteiger partial charge on any atom is -0.497 e. The molecule has 1 aliphatic heterocycles. The van der Waals surface area contributed by atoms with Gasteiger partial charge in [-0.3, -0.25) is 9.59 Å². The molecule has 2 amide bonds. The van der Waals surface area contributed by atoms with Crippen molar-refractivity contribution in [1.29, 1.82) is 0 Å². The smallest absolute Gasteiger partial charge is 0.258 e. The minimum absolute atomic E-state index is 0.143. The predicted molar refractivity (Wildman–Crippen MR) is 82.3 cm³/mol. The molecule has 1 saturated heterocycles. The number of hydrogen-bond acceptors (Lipinski definition) is 5. The average molecular weight is 318 g/mol. The number of nitrogens with zero attached hydrogens (tertiary/aromatic N) is 1. The Kier molecular flexibility index (Phi) is 3.96. The summed E-state index contributed by atoms with van der Waals surface area (Å²) in [6.45, 7) is 2.56. The average Bonchev–Trinajstić information content (AvgIpc) is 2.89. The third-order valence-corrected chi connectivity index (χ3v) is 3.96. The molecule has 122 valence electrons. The molecule has 1 aliphatic rings. The Balaban J connectivity index is 1.97. The number of carbonyl (C=O) groups is 2. The van der Waals surface area contributed by atoms with Crippen molar-refractivity contribution in [3.63, 3.8) is 0 Å². The Hall–Kier alpha value is -2.54. The zero-order valence-corrected chi connectivity index (χ0v) is 13.0. The van der Waals surface area contributed by atoms with Crippen LogP contribution in [0, 0.1) is 6.92 Å². The fourth-order valence-corrected chi connectivity index (χ4v) is 2.76. The van der Waals surface area contributed by atoms with Crippen molar-refractivity contribution in [2.75, 3.05) is 26.8 Å². The number of rotatable bonds is 3. The lowest BCUT2D eigenvalue weighted by molar-refractivity contribution is -0.133. The fraction of sp³-hybridized carbons (Fsp3) is 0.375. The van der Waals surface area contributed by atoms with Crippen molar-refractivity contribution in [2.45, 2.75) is 13.0 Å². The molecule has 1 aromatic heterocycles. The van der Waals surface area contributed by atoms with Crippen LogP contribution in [0.15, 0.2) is 22.6 Å². The van der Waals surface area contributed by atoms with Gasteiger partial charge in [-0.2, -0.15) is 0 Å². The molecule has 0 radical (unpaired) electrons. The second kappa shape index (κ2) is 5.92. The summed E-state index contributed by atoms with van der Waals surface area (Å²) in [5, 5.41) is 0.689. The van der Waals surface area contributed by atoms with Crippen molar-refractivity contribution in [3.05, 3.63) is 29.5 Å². The maximum atomic E-state index is 12.9. The van der Waals surface area contributed by atoms with Crippen LogP contribution < -0.4 is 10.5 Å². The first-order chi connectivity index (χ1) is 11.0. The summed E-state index contributed by atoms with van der Waals surface area (Å²) >= 11 is 0. The largest absolute Gasteiger partial charge is 0.497 e. The zero-order valence-electron chi connectivity index (χ0n) is 13.0. The SMILES string of the molecule is COc1ccc2oc(C)c(C(=O)N3CCO[C@H](C(N)=O)C3)c2c1. The molecule has 0 saturated carbocycles. The number of nitrogens with two attached hydrogens (primary N) is 1. The van der Waals surface area contributed by atoms with Crippen LogP contribution in [0.3, 0.4) is 0 Å². The van der Waals surface area contributed by atoms with E-state index in [-0.39, 0.29) is 19.1 Å². The molecule has 3 rings (SSSR count). The van der Waals surface area contributed by atoms with E-state index >= 15 is 0 Å². The fourth-order valence-electron chi connectivity index (χ4n) is 2.76. The highest BCUT2D eigenvalue weighted by atomic mass is 16.5. The van der Waals surface area contributed by atoms with E-state index in [0.717, 1.165) is 0 Å². The van der Waals surface area contributed by atoms with Gasteiger partial charge in [-0.25, -0.2) is 0 Å². The lowest BCUT2D eigenvalue weighted by atomic mass is 10.1. The number of methoxy groups -OCH3 is 1. The number of furan rings is 1. The number of aryl methyl sites for hydroxylation is 1. The quantitative estimate of drug-likeness (QED) is 0.913. The molecule has 0 bridgehead atoms. The molecule has 2 aromatic rings. The molecular weight excluding hydrogens is 300 g/mol. The highest BCUT2D eigenvalue weighted by Crippen LogP contribution is 2.30. The number of ether oxygens (including phenoxy) is 2. The summed E-state index contributed by atoms with van der Waals surface area (Å²) < 4.78 is 16.2. The Bertz CT molecular complexity index is 767. The number of primary amides is 1. The van der Waals surface area contributed by atoms with Crippen molar-refractivity contribution in [2.24, 2.45) is 5.73 Å². The number of morpholine rings is 1. The molecule has 0 aliphatic carbocycles. The van der Waals surface area contributed by atoms with Crippen LogP contribution in [-0.4, -0.2) is 49.6 Å². The number of hydrogen-bond donors (Lipinski definition) is 1. The summed E-state index contributed by atoms with van der Waals surface area (Å²) in [6.07, 6.45) is -0.777. The summed E-state index contributed by atoms with van der Waals surface area (Å²) in [5.41, 5.74) is 6.36. The molecule has 1 aromatic carbocycles. The van der Waals surface area contributed by atoms with E-state index in [4.69, 9.17) is 19.6 Å². The standard InChI is InChI=1S/C16H18N2O5/c1-9-14(11-7-10(21-2)3-4-12(11)23-9)16(20)18-5-6-22-13(8-18)15(17)19/h3-4,7,13H,5-6,8H2,1-2H3,(H2,17,19)/t13-/m0/s1. The third-order valence-electron chi connectivity index (χ3n) is 3.96. The van der Waals surface area contributed by atoms with Gasteiger partial charge in [-0.1, -0.05) is 0 Å². The van der Waals surface area contributed by atoms with E-state index in [0.29, 0.717) is 34.6 Å². The molecule has 7 heteroatoms. The van der Waals surface area contributed by atoms with E-state index in [1.807, 2.05) is 0 Å². The van der Waals surface area contributed by atoms with E-state index in [1.165, 1.54) is 0 Å². The first-order valence-electron chi connectivity index (χ1n) is 7.28. The molecule has 2 heterocycles. The lowest BCUT2D eigenvalue weighted by Gasteiger charge is -2.31. The van der Waals surface area contributed by atoms with E-state index < -0.39 is 12.0 Å². The number of amides is 2. The van der Waals surface area contributed by atoms with Gasteiger partial charge in [0.2, 0.25) is 5.91 Å². The second-order valence-electron chi connectivity index (χ2n) is 5.41. The zero-order chi connectivity index (χ0) is 16.6. The van der Waals surface area contributed by atoms with Gasteiger partial charge < -0.3 is 24.5 Å². The number of benzene rings is 1. The second-order valence-corrected chi connectivity index (χ2v) is 5.41. The molecule has 1 atom stereocenters. The number of fused-ring (bicyclic) bond motifs is 1. The summed E-state index contributed by atoms with van der Waals surface area (Å²) in [7, 11) is 1.56. The minimum atomic E-state index is -0.777.